The van der Waals surface area contributed by atoms with Gasteiger partial charge in [0.2, 0.25) is 12.7 Å². The average molecular weight is 490 g/mol. The number of hydrogen-bond acceptors (Lipinski definition) is 8. The number of aryl methyl sites for hydroxylation is 1. The molecular formula is C23H31N5O5S. The summed E-state index contributed by atoms with van der Waals surface area (Å²) in [5.74, 6) is 1.85. The summed E-state index contributed by atoms with van der Waals surface area (Å²) in [6.45, 7) is 8.20. The maximum atomic E-state index is 12.5. The number of sulfone groups is 1. The van der Waals surface area contributed by atoms with Crippen LogP contribution in [0.2, 0.25) is 0 Å². The van der Waals surface area contributed by atoms with Crippen molar-refractivity contribution >= 4 is 21.4 Å². The molecule has 34 heavy (non-hydrogen) atoms. The lowest BCUT2D eigenvalue weighted by molar-refractivity contribution is -0.122. The van der Waals surface area contributed by atoms with Crippen LogP contribution in [-0.2, 0) is 21.2 Å². The molecule has 0 aliphatic carbocycles. The van der Waals surface area contributed by atoms with Crippen LogP contribution < -0.4 is 19.7 Å². The van der Waals surface area contributed by atoms with Crippen LogP contribution in [0.4, 0.5) is 5.69 Å². The molecule has 2 aromatic rings. The van der Waals surface area contributed by atoms with E-state index in [-0.39, 0.29) is 30.2 Å². The van der Waals surface area contributed by atoms with Gasteiger partial charge in [0.25, 0.3) is 0 Å². The minimum absolute atomic E-state index is 0.00580. The number of carbonyl (C=O) groups excluding carboxylic acids is 1. The summed E-state index contributed by atoms with van der Waals surface area (Å²) >= 11 is 0. The van der Waals surface area contributed by atoms with Crippen molar-refractivity contribution in [3.8, 4) is 11.5 Å². The van der Waals surface area contributed by atoms with Crippen molar-refractivity contribution in [2.75, 3.05) is 55.9 Å². The van der Waals surface area contributed by atoms with Crippen LogP contribution in [0.5, 0.6) is 11.5 Å². The molecule has 1 aromatic carbocycles. The van der Waals surface area contributed by atoms with Crippen LogP contribution in [0.3, 0.4) is 0 Å². The zero-order chi connectivity index (χ0) is 23.9. The van der Waals surface area contributed by atoms with Crippen molar-refractivity contribution in [2.45, 2.75) is 32.9 Å². The van der Waals surface area contributed by atoms with Crippen molar-refractivity contribution in [3.63, 3.8) is 0 Å². The number of aromatic nitrogens is 2. The summed E-state index contributed by atoms with van der Waals surface area (Å²) < 4.78 is 36.4. The number of nitrogens with zero attached hydrogens (tertiary/aromatic N) is 4. The van der Waals surface area contributed by atoms with E-state index in [1.807, 2.05) is 36.7 Å². The molecule has 3 aliphatic heterocycles. The second kappa shape index (κ2) is 9.10. The topological polar surface area (TPSA) is 106 Å². The maximum Gasteiger partial charge on any atom is 0.234 e. The fourth-order valence-corrected chi connectivity index (χ4v) is 6.77. The largest absolute Gasteiger partial charge is 0.454 e. The highest BCUT2D eigenvalue weighted by Gasteiger charge is 2.32. The van der Waals surface area contributed by atoms with Crippen LogP contribution in [0.15, 0.2) is 18.2 Å². The minimum atomic E-state index is -2.96. The highest BCUT2D eigenvalue weighted by Crippen LogP contribution is 2.33. The predicted octanol–water partition coefficient (Wildman–Crippen LogP) is 1.03. The van der Waals surface area contributed by atoms with Gasteiger partial charge in [0.05, 0.1) is 41.2 Å². The molecule has 0 radical (unpaired) electrons. The third-order valence-corrected chi connectivity index (χ3v) is 8.57. The SMILES string of the molecule is Cc1nn(C2CCS(=O)(=O)C2)c(C)c1N1CCN(CC(=O)NCc2ccc3c(c2)OCO3)CC1. The molecule has 0 saturated carbocycles. The fourth-order valence-electron chi connectivity index (χ4n) is 5.08. The number of benzene rings is 1. The van der Waals surface area contributed by atoms with E-state index >= 15 is 0 Å². The van der Waals surface area contributed by atoms with Gasteiger partial charge in [-0.25, -0.2) is 8.42 Å². The molecule has 3 aliphatic rings. The van der Waals surface area contributed by atoms with Gasteiger partial charge in [-0.15, -0.1) is 0 Å². The predicted molar refractivity (Wildman–Crippen MR) is 127 cm³/mol. The van der Waals surface area contributed by atoms with Crippen LogP contribution >= 0.6 is 0 Å². The summed E-state index contributed by atoms with van der Waals surface area (Å²) in [4.78, 5) is 17.0. The van der Waals surface area contributed by atoms with E-state index in [4.69, 9.17) is 14.6 Å². The van der Waals surface area contributed by atoms with Gasteiger partial charge in [-0.3, -0.25) is 14.4 Å². The van der Waals surface area contributed by atoms with Crippen LogP contribution in [-0.4, -0.2) is 80.0 Å². The second-order valence-corrected chi connectivity index (χ2v) is 11.5. The average Bonchev–Trinajstić information content (AvgIpc) is 3.49. The van der Waals surface area contributed by atoms with Crippen molar-refractivity contribution in [2.24, 2.45) is 0 Å². The molecule has 1 aromatic heterocycles. The van der Waals surface area contributed by atoms with E-state index in [0.29, 0.717) is 25.3 Å². The van der Waals surface area contributed by atoms with E-state index in [2.05, 4.69) is 15.1 Å². The van der Waals surface area contributed by atoms with Crippen molar-refractivity contribution in [1.82, 2.24) is 20.0 Å². The Labute approximate surface area is 199 Å². The molecule has 1 atom stereocenters. The van der Waals surface area contributed by atoms with Crippen molar-refractivity contribution in [3.05, 3.63) is 35.2 Å². The maximum absolute atomic E-state index is 12.5. The molecule has 1 unspecified atom stereocenters. The first-order valence-corrected chi connectivity index (χ1v) is 13.5. The van der Waals surface area contributed by atoms with E-state index in [0.717, 1.165) is 54.6 Å². The smallest absolute Gasteiger partial charge is 0.234 e. The van der Waals surface area contributed by atoms with Gasteiger partial charge in [-0.05, 0) is 38.0 Å². The second-order valence-electron chi connectivity index (χ2n) is 9.25. The van der Waals surface area contributed by atoms with Crippen LogP contribution in [0.1, 0.15) is 29.4 Å². The molecular weight excluding hydrogens is 458 g/mol. The molecule has 0 spiro atoms. The fraction of sp³-hybridized carbons (Fsp3) is 0.565. The van der Waals surface area contributed by atoms with Crippen molar-refractivity contribution in [1.29, 1.82) is 0 Å². The first kappa shape index (κ1) is 23.0. The Morgan fingerprint density at radius 2 is 1.91 bits per heavy atom. The zero-order valence-corrected chi connectivity index (χ0v) is 20.4. The number of fused-ring (bicyclic) bond motifs is 1. The third-order valence-electron chi connectivity index (χ3n) is 6.82. The molecule has 1 amide bonds. The van der Waals surface area contributed by atoms with Gasteiger partial charge in [0.15, 0.2) is 21.3 Å². The Bertz CT molecular complexity index is 1190. The van der Waals surface area contributed by atoms with Crippen LogP contribution in [0.25, 0.3) is 0 Å². The summed E-state index contributed by atoms with van der Waals surface area (Å²) in [6.07, 6.45) is 0.624. The normalized spacial score (nSPS) is 21.7. The molecule has 2 saturated heterocycles. The lowest BCUT2D eigenvalue weighted by Gasteiger charge is -2.36. The monoisotopic (exact) mass is 489 g/mol. The molecule has 5 rings (SSSR count). The Morgan fingerprint density at radius 1 is 1.15 bits per heavy atom. The van der Waals surface area contributed by atoms with Gasteiger partial charge in [0, 0.05) is 32.7 Å². The number of rotatable bonds is 6. The molecule has 2 fully saturated rings. The van der Waals surface area contributed by atoms with E-state index < -0.39 is 9.84 Å². The van der Waals surface area contributed by atoms with E-state index in [1.165, 1.54) is 0 Å². The summed E-state index contributed by atoms with van der Waals surface area (Å²) in [5.41, 5.74) is 4.02. The number of amides is 1. The molecule has 4 heterocycles. The molecule has 0 bridgehead atoms. The standard InChI is InChI=1S/C23H31N5O5S/c1-16-23(17(2)28(25-16)19-5-10-34(30,31)14-19)27-8-6-26(7-9-27)13-22(29)24-12-18-3-4-20-21(11-18)33-15-32-20/h3-4,11,19H,5-10,12-15H2,1-2H3,(H,24,29). The lowest BCUT2D eigenvalue weighted by atomic mass is 10.2. The summed E-state index contributed by atoms with van der Waals surface area (Å²) in [5, 5.41) is 7.68. The molecule has 11 heteroatoms. The van der Waals surface area contributed by atoms with E-state index in [1.54, 1.807) is 0 Å². The molecule has 1 N–H and O–H groups in total. The highest BCUT2D eigenvalue weighted by molar-refractivity contribution is 7.91. The van der Waals surface area contributed by atoms with Crippen molar-refractivity contribution < 1.29 is 22.7 Å². The van der Waals surface area contributed by atoms with Gasteiger partial charge in [-0.1, -0.05) is 6.07 Å². The summed E-state index contributed by atoms with van der Waals surface area (Å²) in [6, 6.07) is 5.61. The lowest BCUT2D eigenvalue weighted by Crippen LogP contribution is -2.49. The van der Waals surface area contributed by atoms with Gasteiger partial charge in [-0.2, -0.15) is 5.10 Å². The summed E-state index contributed by atoms with van der Waals surface area (Å²) in [7, 11) is -2.96. The van der Waals surface area contributed by atoms with Crippen LogP contribution in [0, 0.1) is 13.8 Å². The third kappa shape index (κ3) is 4.72. The molecule has 10 nitrogen and oxygen atoms in total. The Morgan fingerprint density at radius 3 is 2.65 bits per heavy atom. The van der Waals surface area contributed by atoms with E-state index in [9.17, 15) is 13.2 Å². The zero-order valence-electron chi connectivity index (χ0n) is 19.6. The number of piperazine rings is 1. The highest BCUT2D eigenvalue weighted by atomic mass is 32.2. The number of ether oxygens (including phenoxy) is 2. The molecule has 184 valence electrons. The Balaban J connectivity index is 1.13. The number of carbonyl (C=O) groups is 1. The van der Waals surface area contributed by atoms with Gasteiger partial charge >= 0.3 is 0 Å². The van der Waals surface area contributed by atoms with Gasteiger partial charge < -0.3 is 19.7 Å². The Kier molecular flexibility index (Phi) is 6.15. The van der Waals surface area contributed by atoms with Gasteiger partial charge in [0.1, 0.15) is 0 Å². The number of nitrogens with one attached hydrogen (secondary N) is 1. The first-order valence-electron chi connectivity index (χ1n) is 11.7. The Hall–Kier alpha value is -2.79. The minimum Gasteiger partial charge on any atom is -0.454 e. The quantitative estimate of drug-likeness (QED) is 0.641. The first-order chi connectivity index (χ1) is 16.3. The number of hydrogen-bond donors (Lipinski definition) is 1. The number of anilines is 1.